The van der Waals surface area contributed by atoms with Gasteiger partial charge < -0.3 is 19.7 Å². The number of hydrogen-bond donors (Lipinski definition) is 1. The van der Waals surface area contributed by atoms with E-state index in [2.05, 4.69) is 11.4 Å². The number of amides is 1. The number of hydrogen-bond acceptors (Lipinski definition) is 4. The van der Waals surface area contributed by atoms with Crippen LogP contribution in [0.2, 0.25) is 0 Å². The molecule has 0 aromatic heterocycles. The number of likely N-dealkylation sites (tertiary alicyclic amines) is 1. The summed E-state index contributed by atoms with van der Waals surface area (Å²) in [6, 6.07) is 8.14. The van der Waals surface area contributed by atoms with Crippen molar-refractivity contribution < 1.29 is 14.3 Å². The molecule has 2 aliphatic rings. The van der Waals surface area contributed by atoms with Crippen molar-refractivity contribution in [1.29, 1.82) is 0 Å². The number of benzene rings is 1. The molecule has 5 nitrogen and oxygen atoms in total. The molecule has 3 rings (SSSR count). The fourth-order valence-corrected chi connectivity index (χ4v) is 3.13. The quantitative estimate of drug-likeness (QED) is 0.913. The first-order valence-corrected chi connectivity index (χ1v) is 7.56. The molecule has 0 saturated carbocycles. The van der Waals surface area contributed by atoms with Crippen molar-refractivity contribution in [1.82, 2.24) is 10.2 Å². The van der Waals surface area contributed by atoms with Crippen molar-refractivity contribution in [2.45, 2.75) is 25.0 Å². The van der Waals surface area contributed by atoms with Crippen LogP contribution in [0.3, 0.4) is 0 Å². The Labute approximate surface area is 125 Å². The molecule has 2 saturated heterocycles. The van der Waals surface area contributed by atoms with E-state index in [-0.39, 0.29) is 18.1 Å². The first-order chi connectivity index (χ1) is 10.3. The highest BCUT2D eigenvalue weighted by atomic mass is 16.5. The molecule has 2 fully saturated rings. The van der Waals surface area contributed by atoms with Crippen LogP contribution in [-0.2, 0) is 9.53 Å². The predicted molar refractivity (Wildman–Crippen MR) is 79.3 cm³/mol. The number of carbonyl (C=O) groups excluding carboxylic acids is 1. The maximum atomic E-state index is 12.7. The molecule has 1 aromatic carbocycles. The van der Waals surface area contributed by atoms with Crippen molar-refractivity contribution in [3.63, 3.8) is 0 Å². The molecular weight excluding hydrogens is 268 g/mol. The lowest BCUT2D eigenvalue weighted by Crippen LogP contribution is -2.49. The number of morpholine rings is 1. The summed E-state index contributed by atoms with van der Waals surface area (Å²) in [5.74, 6) is 0.940. The summed E-state index contributed by atoms with van der Waals surface area (Å²) in [5.41, 5.74) is 1.14. The molecule has 114 valence electrons. The van der Waals surface area contributed by atoms with E-state index < -0.39 is 0 Å². The van der Waals surface area contributed by atoms with Gasteiger partial charge in [-0.25, -0.2) is 0 Å². The van der Waals surface area contributed by atoms with Gasteiger partial charge in [0.1, 0.15) is 11.9 Å². The summed E-state index contributed by atoms with van der Waals surface area (Å²) < 4.78 is 10.9. The molecule has 1 amide bonds. The van der Waals surface area contributed by atoms with Gasteiger partial charge in [0.2, 0.25) is 0 Å². The lowest BCUT2D eigenvalue weighted by Gasteiger charge is -2.31. The third kappa shape index (κ3) is 3.04. The van der Waals surface area contributed by atoms with E-state index in [0.717, 1.165) is 37.2 Å². The Hall–Kier alpha value is -1.59. The molecule has 0 spiro atoms. The van der Waals surface area contributed by atoms with Crippen LogP contribution >= 0.6 is 0 Å². The Morgan fingerprint density at radius 2 is 2.38 bits per heavy atom. The zero-order valence-corrected chi connectivity index (χ0v) is 12.4. The van der Waals surface area contributed by atoms with Gasteiger partial charge in [0.15, 0.2) is 0 Å². The van der Waals surface area contributed by atoms with E-state index in [9.17, 15) is 4.79 Å². The van der Waals surface area contributed by atoms with Gasteiger partial charge in [0.25, 0.3) is 5.91 Å². The van der Waals surface area contributed by atoms with Gasteiger partial charge in [0, 0.05) is 19.6 Å². The van der Waals surface area contributed by atoms with Gasteiger partial charge in [-0.1, -0.05) is 12.1 Å². The van der Waals surface area contributed by atoms with Crippen molar-refractivity contribution in [2.75, 3.05) is 33.4 Å². The first kappa shape index (κ1) is 14.4. The number of carbonyl (C=O) groups is 1. The second kappa shape index (κ2) is 6.45. The third-order valence-corrected chi connectivity index (χ3v) is 4.22. The summed E-state index contributed by atoms with van der Waals surface area (Å²) in [4.78, 5) is 14.6. The smallest absolute Gasteiger partial charge is 0.253 e. The molecule has 21 heavy (non-hydrogen) atoms. The average Bonchev–Trinajstić information content (AvgIpc) is 3.04. The molecule has 2 unspecified atom stereocenters. The summed E-state index contributed by atoms with van der Waals surface area (Å²) in [5, 5.41) is 3.22. The lowest BCUT2D eigenvalue weighted by atomic mass is 10.0. The molecule has 1 N–H and O–H groups in total. The van der Waals surface area contributed by atoms with Crippen molar-refractivity contribution in [2.24, 2.45) is 0 Å². The number of ether oxygens (including phenoxy) is 2. The SMILES string of the molecule is COc1cccc(C2CCCN2C(=O)C2CNCCO2)c1. The van der Waals surface area contributed by atoms with E-state index in [1.165, 1.54) is 0 Å². The Morgan fingerprint density at radius 1 is 1.48 bits per heavy atom. The Kier molecular flexibility index (Phi) is 4.41. The minimum Gasteiger partial charge on any atom is -0.497 e. The van der Waals surface area contributed by atoms with Crippen molar-refractivity contribution in [3.8, 4) is 5.75 Å². The largest absolute Gasteiger partial charge is 0.497 e. The Bertz CT molecular complexity index is 500. The molecule has 2 atom stereocenters. The number of nitrogens with one attached hydrogen (secondary N) is 1. The second-order valence-electron chi connectivity index (χ2n) is 5.53. The first-order valence-electron chi connectivity index (χ1n) is 7.56. The van der Waals surface area contributed by atoms with E-state index in [1.54, 1.807) is 7.11 Å². The molecule has 0 radical (unpaired) electrons. The highest BCUT2D eigenvalue weighted by Crippen LogP contribution is 2.34. The fourth-order valence-electron chi connectivity index (χ4n) is 3.13. The van der Waals surface area contributed by atoms with E-state index in [4.69, 9.17) is 9.47 Å². The monoisotopic (exact) mass is 290 g/mol. The van der Waals surface area contributed by atoms with Crippen LogP contribution in [0.15, 0.2) is 24.3 Å². The topological polar surface area (TPSA) is 50.8 Å². The third-order valence-electron chi connectivity index (χ3n) is 4.22. The molecule has 0 bridgehead atoms. The van der Waals surface area contributed by atoms with Gasteiger partial charge in [-0.3, -0.25) is 4.79 Å². The van der Waals surface area contributed by atoms with Crippen molar-refractivity contribution >= 4 is 5.91 Å². The molecule has 2 aliphatic heterocycles. The maximum absolute atomic E-state index is 12.7. The zero-order valence-electron chi connectivity index (χ0n) is 12.4. The van der Waals surface area contributed by atoms with Gasteiger partial charge in [-0.2, -0.15) is 0 Å². The number of nitrogens with zero attached hydrogens (tertiary/aromatic N) is 1. The minimum absolute atomic E-state index is 0.104. The normalized spacial score (nSPS) is 25.9. The summed E-state index contributed by atoms with van der Waals surface area (Å²) in [6.07, 6.45) is 1.69. The van der Waals surface area contributed by atoms with Crippen LogP contribution < -0.4 is 10.1 Å². The van der Waals surface area contributed by atoms with Gasteiger partial charge >= 0.3 is 0 Å². The molecule has 2 heterocycles. The van der Waals surface area contributed by atoms with Gasteiger partial charge in [-0.15, -0.1) is 0 Å². The number of rotatable bonds is 3. The molecular formula is C16H22N2O3. The van der Waals surface area contributed by atoms with Crippen LogP contribution in [0.4, 0.5) is 0 Å². The summed E-state index contributed by atoms with van der Waals surface area (Å²) in [7, 11) is 1.66. The standard InChI is InChI=1S/C16H22N2O3/c1-20-13-5-2-4-12(10-13)14-6-3-8-18(14)16(19)15-11-17-7-9-21-15/h2,4-5,10,14-15,17H,3,6-9,11H2,1H3. The highest BCUT2D eigenvalue weighted by Gasteiger charge is 2.35. The van der Waals surface area contributed by atoms with E-state index >= 15 is 0 Å². The summed E-state index contributed by atoms with van der Waals surface area (Å²) >= 11 is 0. The van der Waals surface area contributed by atoms with Crippen LogP contribution in [0.1, 0.15) is 24.4 Å². The van der Waals surface area contributed by atoms with Crippen LogP contribution in [0.25, 0.3) is 0 Å². The maximum Gasteiger partial charge on any atom is 0.253 e. The predicted octanol–water partition coefficient (Wildman–Crippen LogP) is 1.35. The summed E-state index contributed by atoms with van der Waals surface area (Å²) in [6.45, 7) is 2.85. The molecule has 1 aromatic rings. The van der Waals surface area contributed by atoms with Crippen LogP contribution in [0.5, 0.6) is 5.75 Å². The van der Waals surface area contributed by atoms with E-state index in [1.807, 2.05) is 23.1 Å². The minimum atomic E-state index is -0.343. The van der Waals surface area contributed by atoms with Gasteiger partial charge in [-0.05, 0) is 30.5 Å². The van der Waals surface area contributed by atoms with Crippen molar-refractivity contribution in [3.05, 3.63) is 29.8 Å². The van der Waals surface area contributed by atoms with Gasteiger partial charge in [0.05, 0.1) is 19.8 Å². The molecule has 0 aliphatic carbocycles. The highest BCUT2D eigenvalue weighted by molar-refractivity contribution is 5.82. The Morgan fingerprint density at radius 3 is 3.14 bits per heavy atom. The Balaban J connectivity index is 1.76. The van der Waals surface area contributed by atoms with Crippen LogP contribution in [-0.4, -0.2) is 50.3 Å². The lowest BCUT2D eigenvalue weighted by molar-refractivity contribution is -0.146. The van der Waals surface area contributed by atoms with Crippen LogP contribution in [0, 0.1) is 0 Å². The fraction of sp³-hybridized carbons (Fsp3) is 0.562. The molecule has 5 heteroatoms. The van der Waals surface area contributed by atoms with E-state index in [0.29, 0.717) is 13.2 Å². The number of methoxy groups -OCH3 is 1. The average molecular weight is 290 g/mol. The zero-order chi connectivity index (χ0) is 14.7. The second-order valence-corrected chi connectivity index (χ2v) is 5.53.